The van der Waals surface area contributed by atoms with Crippen LogP contribution in [0.3, 0.4) is 0 Å². The van der Waals surface area contributed by atoms with Gasteiger partial charge in [0.1, 0.15) is 49.3 Å². The number of aliphatic hydroxyl groups excluding tert-OH is 2. The molecule has 0 aromatic heterocycles. The Labute approximate surface area is 608 Å². The number of aliphatic hydroxyl groups is 2. The van der Waals surface area contributed by atoms with Gasteiger partial charge in [0, 0.05) is 19.6 Å². The Morgan fingerprint density at radius 3 is 1.07 bits per heavy atom. The average molecular weight is 2000 g/mol. The van der Waals surface area contributed by atoms with Gasteiger partial charge in [-0.25, -0.2) is 0 Å². The van der Waals surface area contributed by atoms with Gasteiger partial charge in [0.15, 0.2) is 67.6 Å². The van der Waals surface area contributed by atoms with Gasteiger partial charge in [0.25, 0.3) is 0 Å². The molecule has 519 valence electrons. The summed E-state index contributed by atoms with van der Waals surface area (Å²) < 4.78 is 74.2. The van der Waals surface area contributed by atoms with Crippen LogP contribution < -0.4 is 0 Å². The molecule has 87 heavy (non-hydrogen) atoms. The van der Waals surface area contributed by atoms with Crippen molar-refractivity contribution in [3.63, 3.8) is 0 Å². The van der Waals surface area contributed by atoms with Crippen molar-refractivity contribution in [3.05, 3.63) is 12.7 Å². The molecule has 0 aromatic carbocycles. The van der Waals surface area contributed by atoms with Crippen LogP contribution in [0.2, 0.25) is 109 Å². The Balaban J connectivity index is 0. The van der Waals surface area contributed by atoms with E-state index in [1.54, 1.807) is 13.0 Å². The second-order valence-electron chi connectivity index (χ2n) is 31.8. The molecule has 29 heteroatoms. The summed E-state index contributed by atoms with van der Waals surface area (Å²) in [4.78, 5) is 23.7. The molecule has 0 aromatic rings. The van der Waals surface area contributed by atoms with Crippen molar-refractivity contribution in [1.29, 1.82) is 0 Å². The van der Waals surface area contributed by atoms with Crippen molar-refractivity contribution < 1.29 is 84.4 Å². The van der Waals surface area contributed by atoms with Gasteiger partial charge in [-0.1, -0.05) is 142 Å². The van der Waals surface area contributed by atoms with Crippen LogP contribution in [-0.2, 0) is 74.2 Å². The van der Waals surface area contributed by atoms with Gasteiger partial charge >= 0.3 is 120 Å². The van der Waals surface area contributed by atoms with E-state index in [-0.39, 0.29) is 59.4 Å². The van der Waals surface area contributed by atoms with Crippen molar-refractivity contribution in [1.82, 2.24) is 0 Å². The number of rotatable bonds is 23. The summed E-state index contributed by atoms with van der Waals surface area (Å²) in [7, 11) is -13.4. The van der Waals surface area contributed by atoms with E-state index >= 15 is 0 Å². The first kappa shape index (κ1) is 93.9. The predicted octanol–water partition coefficient (Wildman–Crippen LogP) is 18.6. The monoisotopic (exact) mass is 2000 g/mol. The van der Waals surface area contributed by atoms with E-state index in [1.165, 1.54) is 18.7 Å². The predicted molar refractivity (Wildman–Crippen MR) is 415 cm³/mol. The van der Waals surface area contributed by atoms with E-state index in [4.69, 9.17) is 50.2 Å². The van der Waals surface area contributed by atoms with E-state index in [0.717, 1.165) is 0 Å². The summed E-state index contributed by atoms with van der Waals surface area (Å²) in [5.41, 5.74) is 0. The number of halogens is 5. The Morgan fingerprint density at radius 2 is 0.805 bits per heavy atom. The number of hydrogen-bond donors (Lipinski definition) is 2. The van der Waals surface area contributed by atoms with E-state index in [0.29, 0.717) is 21.8 Å². The number of thioether (sulfide) groups is 1. The van der Waals surface area contributed by atoms with Crippen LogP contribution in [0.15, 0.2) is 12.7 Å². The molecule has 0 bridgehead atoms. The van der Waals surface area contributed by atoms with Crippen LogP contribution in [0.5, 0.6) is 0 Å². The third-order valence-corrected chi connectivity index (χ3v) is 46.3. The SMILES string of the molecule is C=CCOC1OC(COC(C)=O)C(O[Si](C)(C)C(C)(C)C)C(O[Si](C)(C)C(C)(C)C)C1O[Si](C)(C)C(C)(C)C.CC(=O)SCC1OC(OCC(O)CO)C(O[Si](C)(C)C(C)(C)C)C(O[Si](C)(C)C(C)(C)C)C1O[Si](C)(C)C(C)(C)C.[I][V]([I])[I].[I][V][I]. The summed E-state index contributed by atoms with van der Waals surface area (Å²) in [6, 6.07) is 0. The van der Waals surface area contributed by atoms with Crippen molar-refractivity contribution in [2.45, 2.75) is 315 Å². The van der Waals surface area contributed by atoms with Crippen LogP contribution in [-0.4, -0.2) is 171 Å². The van der Waals surface area contributed by atoms with Crippen molar-refractivity contribution in [2.75, 3.05) is 32.2 Å². The van der Waals surface area contributed by atoms with Crippen molar-refractivity contribution >= 4 is 173 Å². The second kappa shape index (κ2) is 38.6. The van der Waals surface area contributed by atoms with Crippen molar-refractivity contribution in [2.24, 2.45) is 0 Å². The molecule has 0 spiro atoms. The van der Waals surface area contributed by atoms with Gasteiger partial charge in [-0.05, 0) is 109 Å². The summed E-state index contributed by atoms with van der Waals surface area (Å²) in [5, 5.41) is 19.3. The molecular weight excluding hydrogens is 1870 g/mol. The van der Waals surface area contributed by atoms with Gasteiger partial charge in [-0.2, -0.15) is 0 Å². The maximum atomic E-state index is 12.1. The Hall–Kier alpha value is 4.87. The minimum atomic E-state index is -2.38. The first-order valence-electron chi connectivity index (χ1n) is 30.1. The molecule has 2 N–H and O–H groups in total. The average Bonchev–Trinajstić information content (AvgIpc) is 1.46. The molecule has 2 aliphatic heterocycles. The number of carbonyl (C=O) groups is 2. The van der Waals surface area contributed by atoms with E-state index < -0.39 is 124 Å². The van der Waals surface area contributed by atoms with Crippen LogP contribution in [0.25, 0.3) is 0 Å². The maximum absolute atomic E-state index is 12.1. The first-order chi connectivity index (χ1) is 38.6. The fourth-order valence-corrected chi connectivity index (χ4v) is 15.5. The standard InChI is InChI=1S/C29H62O8SSi3.C29H60O7Si3.5HI.2V/c1-20(31)38-19-22-23(35-39(11,12)27(2,3)4)24(36-40(13,14)28(5,6)7)25(37-41(15,16)29(8,9)10)26(34-22)33-18-21(32)17-30;1-18-19-31-26-25(36-39(16,17)29(9,10)11)24(35-38(14,15)28(6,7)8)23(22(33-26)20-32-21(2)30)34-37(12,13)27(3,4)5;;;;;;;/h21-26,30,32H,17-19H2,1-16H3;18,22-26H,1,19-20H2,2-17H3;5*1H;;/q;;;;;;;+2;+3/p-5. The molecule has 2 saturated heterocycles. The number of hydrogen-bond acceptors (Lipinski definition) is 16. The summed E-state index contributed by atoms with van der Waals surface area (Å²) in [5.74, 6) is 0.0102. The molecule has 2 rings (SSSR count). The zero-order chi connectivity index (χ0) is 69.5. The van der Waals surface area contributed by atoms with Gasteiger partial charge in [-0.15, -0.1) is 6.58 Å². The third kappa shape index (κ3) is 32.0. The summed E-state index contributed by atoms with van der Waals surface area (Å²) in [6.07, 6.45) is -5.20. The normalized spacial score (nSPS) is 24.6. The number of esters is 1. The fourth-order valence-electron chi connectivity index (χ4n) is 7.02. The molecule has 2 aliphatic rings. The van der Waals surface area contributed by atoms with E-state index in [9.17, 15) is 19.8 Å². The van der Waals surface area contributed by atoms with Gasteiger partial charge in [0.2, 0.25) is 0 Å². The van der Waals surface area contributed by atoms with Crippen LogP contribution in [0.1, 0.15) is 138 Å². The molecule has 0 amide bonds. The minimum absolute atomic E-state index is 0.00522. The Kier molecular flexibility index (Phi) is 41.7. The van der Waals surface area contributed by atoms with Crippen LogP contribution >= 0.6 is 112 Å². The molecule has 0 saturated carbocycles. The third-order valence-electron chi connectivity index (χ3n) is 18.5. The summed E-state index contributed by atoms with van der Waals surface area (Å²) in [6.45, 7) is 73.1. The zero-order valence-electron chi connectivity index (χ0n) is 59.6. The molecule has 0 aliphatic carbocycles. The van der Waals surface area contributed by atoms with Crippen LogP contribution in [0, 0.1) is 0 Å². The van der Waals surface area contributed by atoms with Gasteiger partial charge in [0.05, 0.1) is 32.0 Å². The molecule has 11 atom stereocenters. The zero-order valence-corrected chi connectivity index (χ0v) is 80.0. The molecule has 2 fully saturated rings. The topological polar surface area (TPSA) is 176 Å². The van der Waals surface area contributed by atoms with Crippen LogP contribution in [0.4, 0.5) is 0 Å². The molecule has 15 nitrogen and oxygen atoms in total. The number of ether oxygens (including phenoxy) is 5. The second-order valence-corrected chi connectivity index (χ2v) is 109. The molecule has 11 unspecified atom stereocenters. The number of carbonyl (C=O) groups excluding carboxylic acids is 2. The summed E-state index contributed by atoms with van der Waals surface area (Å²) >= 11 is 13.3. The quantitative estimate of drug-likeness (QED) is 0.0427. The van der Waals surface area contributed by atoms with Gasteiger partial charge < -0.3 is 60.5 Å². The fraction of sp³-hybridized carbons (Fsp3) is 0.931. The molecule has 0 radical (unpaired) electrons. The Morgan fingerprint density at radius 1 is 0.540 bits per heavy atom. The van der Waals surface area contributed by atoms with E-state index in [1.807, 2.05) is 0 Å². The van der Waals surface area contributed by atoms with E-state index in [2.05, 4.69) is 310 Å². The first-order valence-corrected chi connectivity index (χ1v) is 71.0. The molecule has 2 heterocycles. The van der Waals surface area contributed by atoms with Crippen molar-refractivity contribution in [3.8, 4) is 0 Å². The Bertz CT molecular complexity index is 2050. The van der Waals surface area contributed by atoms with Gasteiger partial charge in [-0.3, -0.25) is 9.59 Å². The molecular formula is C58H122I5O15SSi6V2.